The second-order valence-electron chi connectivity index (χ2n) is 7.17. The van der Waals surface area contributed by atoms with Crippen molar-refractivity contribution in [1.82, 2.24) is 9.97 Å². The average molecular weight is 452 g/mol. The molecule has 0 aliphatic carbocycles. The van der Waals surface area contributed by atoms with Gasteiger partial charge in [-0.25, -0.2) is 14.8 Å². The topological polar surface area (TPSA) is 97.5 Å². The molecule has 0 bridgehead atoms. The van der Waals surface area contributed by atoms with Gasteiger partial charge in [0.2, 0.25) is 0 Å². The molecule has 0 aliphatic heterocycles. The number of aryl methyl sites for hydroxylation is 1. The van der Waals surface area contributed by atoms with Gasteiger partial charge in [-0.3, -0.25) is 0 Å². The number of ether oxygens (including phenoxy) is 1. The van der Waals surface area contributed by atoms with Gasteiger partial charge in [-0.1, -0.05) is 29.8 Å². The molecule has 0 amide bonds. The number of carboxylic acid groups (broad SMARTS) is 1. The lowest BCUT2D eigenvalue weighted by atomic mass is 10.1. The van der Waals surface area contributed by atoms with E-state index in [2.05, 4.69) is 15.3 Å². The van der Waals surface area contributed by atoms with E-state index in [0.29, 0.717) is 41.0 Å². The highest BCUT2D eigenvalue weighted by Crippen LogP contribution is 2.31. The molecule has 164 valence electrons. The van der Waals surface area contributed by atoms with Gasteiger partial charge in [0.15, 0.2) is 5.58 Å². The standard InChI is InChI=1S/C24H22ClN3O4/c1-3-31-21-11-15(7-8-18(21)24(29)30)20-12-22(28-13-27-20)26-10-9-16-14(2)32-23-17(16)5-4-6-19(23)25/h4-8,11-13H,3,9-10H2,1-2H3,(H,29,30)(H,26,27,28). The molecule has 2 heterocycles. The first-order chi connectivity index (χ1) is 15.5. The molecule has 0 unspecified atom stereocenters. The Morgan fingerprint density at radius 2 is 2.06 bits per heavy atom. The Bertz CT molecular complexity index is 1290. The van der Waals surface area contributed by atoms with Crippen LogP contribution < -0.4 is 10.1 Å². The maximum Gasteiger partial charge on any atom is 0.339 e. The first-order valence-electron chi connectivity index (χ1n) is 10.2. The molecule has 4 aromatic rings. The lowest BCUT2D eigenvalue weighted by Gasteiger charge is -2.10. The van der Waals surface area contributed by atoms with E-state index in [0.717, 1.165) is 28.7 Å². The van der Waals surface area contributed by atoms with E-state index in [1.165, 1.54) is 12.4 Å². The Hall–Kier alpha value is -3.58. The Morgan fingerprint density at radius 3 is 2.84 bits per heavy atom. The van der Waals surface area contributed by atoms with Crippen LogP contribution in [0.5, 0.6) is 5.75 Å². The van der Waals surface area contributed by atoms with Gasteiger partial charge >= 0.3 is 5.97 Å². The molecule has 2 aromatic carbocycles. The zero-order valence-electron chi connectivity index (χ0n) is 17.7. The van der Waals surface area contributed by atoms with Crippen LogP contribution in [0.1, 0.15) is 28.6 Å². The predicted molar refractivity (Wildman–Crippen MR) is 124 cm³/mol. The van der Waals surface area contributed by atoms with E-state index in [9.17, 15) is 9.90 Å². The summed E-state index contributed by atoms with van der Waals surface area (Å²) in [5, 5.41) is 14.3. The van der Waals surface area contributed by atoms with E-state index in [4.69, 9.17) is 20.8 Å². The average Bonchev–Trinajstić information content (AvgIpc) is 3.11. The highest BCUT2D eigenvalue weighted by Gasteiger charge is 2.15. The third kappa shape index (κ3) is 4.38. The number of rotatable bonds is 8. The molecular weight excluding hydrogens is 430 g/mol. The van der Waals surface area contributed by atoms with Crippen LogP contribution in [0.25, 0.3) is 22.2 Å². The maximum absolute atomic E-state index is 11.4. The Kier molecular flexibility index (Phi) is 6.28. The maximum atomic E-state index is 11.4. The van der Waals surface area contributed by atoms with Gasteiger partial charge in [-0.15, -0.1) is 0 Å². The molecule has 0 fully saturated rings. The summed E-state index contributed by atoms with van der Waals surface area (Å²) in [7, 11) is 0. The number of carboxylic acids is 1. The molecular formula is C24H22ClN3O4. The summed E-state index contributed by atoms with van der Waals surface area (Å²) in [6.07, 6.45) is 2.21. The van der Waals surface area contributed by atoms with Gasteiger partial charge in [0.1, 0.15) is 29.2 Å². The van der Waals surface area contributed by atoms with Gasteiger partial charge in [0.25, 0.3) is 0 Å². The van der Waals surface area contributed by atoms with Crippen LogP contribution in [0, 0.1) is 6.92 Å². The monoisotopic (exact) mass is 451 g/mol. The summed E-state index contributed by atoms with van der Waals surface area (Å²) in [6, 6.07) is 12.5. The lowest BCUT2D eigenvalue weighted by molar-refractivity contribution is 0.0692. The molecule has 32 heavy (non-hydrogen) atoms. The third-order valence-electron chi connectivity index (χ3n) is 5.13. The van der Waals surface area contributed by atoms with Gasteiger partial charge in [0, 0.05) is 29.1 Å². The number of benzene rings is 2. The number of halogens is 1. The summed E-state index contributed by atoms with van der Waals surface area (Å²) in [5.41, 5.74) is 3.34. The summed E-state index contributed by atoms with van der Waals surface area (Å²) in [4.78, 5) is 20.0. The number of fused-ring (bicyclic) bond motifs is 1. The van der Waals surface area contributed by atoms with Crippen molar-refractivity contribution in [3.8, 4) is 17.0 Å². The first-order valence-corrected chi connectivity index (χ1v) is 10.6. The molecule has 0 saturated carbocycles. The molecule has 4 rings (SSSR count). The highest BCUT2D eigenvalue weighted by molar-refractivity contribution is 6.34. The molecule has 0 radical (unpaired) electrons. The van der Waals surface area contributed by atoms with Crippen LogP contribution in [-0.2, 0) is 6.42 Å². The summed E-state index contributed by atoms with van der Waals surface area (Å²) in [6.45, 7) is 4.75. The Labute approximate surface area is 190 Å². The second kappa shape index (κ2) is 9.28. The Morgan fingerprint density at radius 1 is 1.22 bits per heavy atom. The lowest BCUT2D eigenvalue weighted by Crippen LogP contribution is -2.07. The minimum Gasteiger partial charge on any atom is -0.493 e. The zero-order chi connectivity index (χ0) is 22.7. The van der Waals surface area contributed by atoms with Gasteiger partial charge in [-0.2, -0.15) is 0 Å². The number of hydrogen-bond donors (Lipinski definition) is 2. The number of nitrogens with zero attached hydrogens (tertiary/aromatic N) is 2. The van der Waals surface area contributed by atoms with Gasteiger partial charge < -0.3 is 19.6 Å². The fraction of sp³-hybridized carbons (Fsp3) is 0.208. The van der Waals surface area contributed by atoms with Crippen LogP contribution in [0.15, 0.2) is 53.2 Å². The summed E-state index contributed by atoms with van der Waals surface area (Å²) in [5.74, 6) is 0.791. The summed E-state index contributed by atoms with van der Waals surface area (Å²) >= 11 is 6.24. The minimum atomic E-state index is -1.03. The van der Waals surface area contributed by atoms with Crippen LogP contribution in [0.2, 0.25) is 5.02 Å². The molecule has 0 saturated heterocycles. The Balaban J connectivity index is 1.51. The van der Waals surface area contributed by atoms with E-state index < -0.39 is 5.97 Å². The van der Waals surface area contributed by atoms with Crippen LogP contribution in [0.3, 0.4) is 0 Å². The number of para-hydroxylation sites is 1. The molecule has 0 aliphatic rings. The molecule has 2 N–H and O–H groups in total. The van der Waals surface area contributed by atoms with E-state index in [1.807, 2.05) is 38.1 Å². The molecule has 0 atom stereocenters. The number of hydrogen-bond acceptors (Lipinski definition) is 6. The van der Waals surface area contributed by atoms with E-state index in [-0.39, 0.29) is 5.56 Å². The van der Waals surface area contributed by atoms with Crippen molar-refractivity contribution in [2.75, 3.05) is 18.5 Å². The van der Waals surface area contributed by atoms with Gasteiger partial charge in [0.05, 0.1) is 17.3 Å². The number of anilines is 1. The number of aromatic carboxylic acids is 1. The van der Waals surface area contributed by atoms with Crippen molar-refractivity contribution < 1.29 is 19.1 Å². The van der Waals surface area contributed by atoms with Crippen LogP contribution in [-0.4, -0.2) is 34.2 Å². The molecule has 0 spiro atoms. The first kappa shape index (κ1) is 21.6. The van der Waals surface area contributed by atoms with Gasteiger partial charge in [-0.05, 0) is 38.5 Å². The van der Waals surface area contributed by atoms with E-state index >= 15 is 0 Å². The number of carbonyl (C=O) groups is 1. The van der Waals surface area contributed by atoms with Crippen molar-refractivity contribution in [2.45, 2.75) is 20.3 Å². The SMILES string of the molecule is CCOc1cc(-c2cc(NCCc3c(C)oc4c(Cl)cccc34)ncn2)ccc1C(=O)O. The normalized spacial score (nSPS) is 11.0. The minimum absolute atomic E-state index is 0.116. The van der Waals surface area contributed by atoms with Crippen molar-refractivity contribution in [3.05, 3.63) is 70.7 Å². The largest absolute Gasteiger partial charge is 0.493 e. The fourth-order valence-electron chi connectivity index (χ4n) is 3.63. The highest BCUT2D eigenvalue weighted by atomic mass is 35.5. The van der Waals surface area contributed by atoms with Crippen molar-refractivity contribution in [1.29, 1.82) is 0 Å². The number of aromatic nitrogens is 2. The number of furan rings is 1. The summed E-state index contributed by atoms with van der Waals surface area (Å²) < 4.78 is 11.3. The van der Waals surface area contributed by atoms with Crippen molar-refractivity contribution in [2.24, 2.45) is 0 Å². The second-order valence-corrected chi connectivity index (χ2v) is 7.57. The smallest absolute Gasteiger partial charge is 0.339 e. The molecule has 8 heteroatoms. The van der Waals surface area contributed by atoms with E-state index in [1.54, 1.807) is 12.1 Å². The molecule has 2 aromatic heterocycles. The predicted octanol–water partition coefficient (Wildman–Crippen LogP) is 5.60. The fourth-order valence-corrected chi connectivity index (χ4v) is 3.84. The van der Waals surface area contributed by atoms with Crippen LogP contribution >= 0.6 is 11.6 Å². The quantitative estimate of drug-likeness (QED) is 0.359. The third-order valence-corrected chi connectivity index (χ3v) is 5.43. The van der Waals surface area contributed by atoms with Crippen molar-refractivity contribution in [3.63, 3.8) is 0 Å². The van der Waals surface area contributed by atoms with Crippen LogP contribution in [0.4, 0.5) is 5.82 Å². The van der Waals surface area contributed by atoms with Crippen molar-refractivity contribution >= 4 is 34.4 Å². The number of nitrogens with one attached hydrogen (secondary N) is 1. The molecule has 7 nitrogen and oxygen atoms in total. The zero-order valence-corrected chi connectivity index (χ0v) is 18.4.